The average Bonchev–Trinajstić information content (AvgIpc) is 3.14. The summed E-state index contributed by atoms with van der Waals surface area (Å²) in [6.07, 6.45) is 3.65. The summed E-state index contributed by atoms with van der Waals surface area (Å²) in [6.45, 7) is 7.75. The van der Waals surface area contributed by atoms with Gasteiger partial charge in [-0.2, -0.15) is 0 Å². The molecule has 1 aromatic carbocycles. The molecule has 29 heavy (non-hydrogen) atoms. The van der Waals surface area contributed by atoms with E-state index in [1.165, 1.54) is 11.3 Å². The van der Waals surface area contributed by atoms with Crippen molar-refractivity contribution in [1.29, 1.82) is 0 Å². The van der Waals surface area contributed by atoms with Gasteiger partial charge in [-0.3, -0.25) is 9.78 Å². The number of nitrogens with zero attached hydrogens (tertiary/aromatic N) is 1. The van der Waals surface area contributed by atoms with Crippen LogP contribution in [0.25, 0.3) is 15.3 Å². The maximum absolute atomic E-state index is 13.8. The Balaban J connectivity index is 1.88. The number of anilines is 1. The molecule has 3 nitrogen and oxygen atoms in total. The summed E-state index contributed by atoms with van der Waals surface area (Å²) < 4.78 is 27.5. The molecule has 2 heterocycles. The lowest BCUT2D eigenvalue weighted by atomic mass is 10.0. The third-order valence-electron chi connectivity index (χ3n) is 4.18. The highest BCUT2D eigenvalue weighted by Crippen LogP contribution is 2.37. The van der Waals surface area contributed by atoms with Crippen LogP contribution in [-0.2, 0) is 0 Å². The lowest BCUT2D eigenvalue weighted by Gasteiger charge is -2.09. The van der Waals surface area contributed by atoms with Crippen LogP contribution in [0.15, 0.2) is 60.8 Å². The van der Waals surface area contributed by atoms with E-state index in [0.717, 1.165) is 38.9 Å². The van der Waals surface area contributed by atoms with Gasteiger partial charge in [0.25, 0.3) is 5.91 Å². The predicted octanol–water partition coefficient (Wildman–Crippen LogP) is 6.89. The summed E-state index contributed by atoms with van der Waals surface area (Å²) in [6, 6.07) is 9.77. The Labute approximate surface area is 176 Å². The number of allylic oxidation sites excluding steroid dienone is 1. The zero-order valence-electron chi connectivity index (χ0n) is 15.8. The Morgan fingerprint density at radius 3 is 2.59 bits per heavy atom. The van der Waals surface area contributed by atoms with Gasteiger partial charge in [0.2, 0.25) is 0 Å². The van der Waals surface area contributed by atoms with E-state index < -0.39 is 23.1 Å². The third kappa shape index (κ3) is 4.63. The minimum Gasteiger partial charge on any atom is -0.313 e. The second-order valence-electron chi connectivity index (χ2n) is 6.06. The number of pyridine rings is 1. The maximum Gasteiger partial charge on any atom is 0.262 e. The Morgan fingerprint density at radius 1 is 1.21 bits per heavy atom. The van der Waals surface area contributed by atoms with Gasteiger partial charge in [-0.25, -0.2) is 8.78 Å². The summed E-state index contributed by atoms with van der Waals surface area (Å²) >= 11 is 2.89. The van der Waals surface area contributed by atoms with Gasteiger partial charge in [-0.05, 0) is 54.1 Å². The van der Waals surface area contributed by atoms with Crippen molar-refractivity contribution >= 4 is 38.9 Å². The Hall–Kier alpha value is -2.77. The van der Waals surface area contributed by atoms with Crippen molar-refractivity contribution in [3.05, 3.63) is 89.1 Å². The lowest BCUT2D eigenvalue weighted by molar-refractivity contribution is 0.101. The number of benzene rings is 1. The van der Waals surface area contributed by atoms with Crippen molar-refractivity contribution < 1.29 is 13.6 Å². The average molecular weight is 429 g/mol. The fraction of sp³-hybridized carbons (Fsp3) is 0.0909. The van der Waals surface area contributed by atoms with E-state index in [1.807, 2.05) is 32.1 Å². The molecule has 0 radical (unpaired) electrons. The molecule has 0 aliphatic rings. The van der Waals surface area contributed by atoms with Crippen LogP contribution in [0, 0.1) is 18.6 Å². The van der Waals surface area contributed by atoms with E-state index in [2.05, 4.69) is 29.0 Å². The van der Waals surface area contributed by atoms with Gasteiger partial charge in [-0.1, -0.05) is 36.5 Å². The van der Waals surface area contributed by atoms with Crippen molar-refractivity contribution in [3.63, 3.8) is 0 Å². The molecule has 0 aliphatic carbocycles. The van der Waals surface area contributed by atoms with Crippen LogP contribution in [0.2, 0.25) is 0 Å². The normalized spacial score (nSPS) is 11.4. The summed E-state index contributed by atoms with van der Waals surface area (Å²) in [5.41, 5.74) is 2.53. The molecule has 0 spiro atoms. The number of thioether (sulfide) groups is 1. The molecular formula is C22H18F2N2OS2. The molecule has 0 saturated heterocycles. The minimum absolute atomic E-state index is 0.497. The minimum atomic E-state index is -0.999. The van der Waals surface area contributed by atoms with Crippen molar-refractivity contribution in [1.82, 2.24) is 4.98 Å². The highest BCUT2D eigenvalue weighted by atomic mass is 32.2. The number of aromatic nitrogens is 1. The first kappa shape index (κ1) is 21.0. The molecule has 0 saturated carbocycles. The maximum atomic E-state index is 13.8. The molecule has 0 aliphatic heterocycles. The van der Waals surface area contributed by atoms with E-state index in [1.54, 1.807) is 23.2 Å². The first-order valence-corrected chi connectivity index (χ1v) is 10.4. The molecule has 3 aromatic rings. The number of carbonyl (C=O) groups is 1. The van der Waals surface area contributed by atoms with Gasteiger partial charge >= 0.3 is 0 Å². The van der Waals surface area contributed by atoms with Crippen LogP contribution >= 0.6 is 23.1 Å². The van der Waals surface area contributed by atoms with Crippen LogP contribution in [0.5, 0.6) is 0 Å². The summed E-state index contributed by atoms with van der Waals surface area (Å²) in [4.78, 5) is 17.7. The molecule has 3 rings (SSSR count). The first-order chi connectivity index (χ1) is 13.9. The standard InChI is InChI=1S/C22H18F2N2OS2/c1-4-18(28-5-2)14-7-6-13(3)15(10-14)19-8-9-20(29-19)26-22(27)21-16(23)11-25-12-17(21)24/h4-12H,2H2,1,3H3,(H,26,27)/b18-4-. The molecular weight excluding hydrogens is 410 g/mol. The van der Waals surface area contributed by atoms with Gasteiger partial charge in [0.15, 0.2) is 11.6 Å². The van der Waals surface area contributed by atoms with Gasteiger partial charge in [0.05, 0.1) is 17.4 Å². The Morgan fingerprint density at radius 2 is 1.93 bits per heavy atom. The molecule has 148 valence electrons. The van der Waals surface area contributed by atoms with E-state index in [9.17, 15) is 13.6 Å². The number of halogens is 2. The van der Waals surface area contributed by atoms with Crippen LogP contribution in [0.3, 0.4) is 0 Å². The van der Waals surface area contributed by atoms with Gasteiger partial charge < -0.3 is 5.32 Å². The fourth-order valence-electron chi connectivity index (χ4n) is 2.79. The monoisotopic (exact) mass is 428 g/mol. The summed E-state index contributed by atoms with van der Waals surface area (Å²) in [7, 11) is 0. The second kappa shape index (κ2) is 9.15. The number of amides is 1. The smallest absolute Gasteiger partial charge is 0.262 e. The van der Waals surface area contributed by atoms with E-state index in [-0.39, 0.29) is 0 Å². The van der Waals surface area contributed by atoms with Crippen molar-refractivity contribution in [3.8, 4) is 10.4 Å². The van der Waals surface area contributed by atoms with Gasteiger partial charge in [0, 0.05) is 9.78 Å². The SMILES string of the molecule is C=CS/C(=C\C)c1ccc(C)c(-c2ccc(NC(=O)c3c(F)cncc3F)s2)c1. The number of hydrogen-bond donors (Lipinski definition) is 1. The molecule has 0 fully saturated rings. The zero-order chi connectivity index (χ0) is 21.0. The van der Waals surface area contributed by atoms with Crippen LogP contribution in [0.4, 0.5) is 13.8 Å². The topological polar surface area (TPSA) is 42.0 Å². The molecule has 0 unspecified atom stereocenters. The van der Waals surface area contributed by atoms with E-state index in [4.69, 9.17) is 0 Å². The summed E-state index contributed by atoms with van der Waals surface area (Å²) in [5, 5.41) is 4.84. The van der Waals surface area contributed by atoms with Crippen molar-refractivity contribution in [2.45, 2.75) is 13.8 Å². The quantitative estimate of drug-likeness (QED) is 0.465. The largest absolute Gasteiger partial charge is 0.313 e. The van der Waals surface area contributed by atoms with Crippen molar-refractivity contribution in [2.24, 2.45) is 0 Å². The predicted molar refractivity (Wildman–Crippen MR) is 118 cm³/mol. The van der Waals surface area contributed by atoms with Crippen molar-refractivity contribution in [2.75, 3.05) is 5.32 Å². The third-order valence-corrected chi connectivity index (χ3v) is 6.11. The molecule has 0 bridgehead atoms. The van der Waals surface area contributed by atoms with Gasteiger partial charge in [-0.15, -0.1) is 11.3 Å². The first-order valence-electron chi connectivity index (χ1n) is 8.70. The second-order valence-corrected chi connectivity index (χ2v) is 8.16. The number of thiophene rings is 1. The van der Waals surface area contributed by atoms with Crippen LogP contribution in [-0.4, -0.2) is 10.9 Å². The highest BCUT2D eigenvalue weighted by Gasteiger charge is 2.19. The molecule has 2 aromatic heterocycles. The fourth-order valence-corrected chi connectivity index (χ4v) is 4.35. The number of hydrogen-bond acceptors (Lipinski definition) is 4. The number of rotatable bonds is 6. The molecule has 1 N–H and O–H groups in total. The Kier molecular flexibility index (Phi) is 6.61. The number of aryl methyl sites for hydroxylation is 1. The highest BCUT2D eigenvalue weighted by molar-refractivity contribution is 8.10. The summed E-state index contributed by atoms with van der Waals surface area (Å²) in [5.74, 6) is -2.84. The van der Waals surface area contributed by atoms with Crippen LogP contribution < -0.4 is 5.32 Å². The van der Waals surface area contributed by atoms with Gasteiger partial charge in [0.1, 0.15) is 5.56 Å². The molecule has 0 atom stereocenters. The zero-order valence-corrected chi connectivity index (χ0v) is 17.5. The van der Waals surface area contributed by atoms with E-state index in [0.29, 0.717) is 5.00 Å². The Bertz CT molecular complexity index is 1090. The van der Waals surface area contributed by atoms with Crippen LogP contribution in [0.1, 0.15) is 28.4 Å². The lowest BCUT2D eigenvalue weighted by Crippen LogP contribution is -2.15. The van der Waals surface area contributed by atoms with E-state index >= 15 is 0 Å². The number of carbonyl (C=O) groups excluding carboxylic acids is 1. The number of nitrogens with one attached hydrogen (secondary N) is 1. The molecule has 1 amide bonds. The molecule has 7 heteroatoms.